The Morgan fingerprint density at radius 2 is 1.71 bits per heavy atom. The van der Waals surface area contributed by atoms with E-state index in [-0.39, 0.29) is 57.4 Å². The SMILES string of the molecule is F[B-](F)(F)/C=C/c1ccccc1Cl.[K+]. The molecular formula is C8H6BClF3K. The Hall–Kier alpha value is 0.741. The van der Waals surface area contributed by atoms with Crippen molar-refractivity contribution < 1.29 is 64.3 Å². The summed E-state index contributed by atoms with van der Waals surface area (Å²) < 4.78 is 35.4. The summed E-state index contributed by atoms with van der Waals surface area (Å²) in [6.45, 7) is -4.88. The molecule has 0 aromatic heterocycles. The van der Waals surface area contributed by atoms with E-state index >= 15 is 0 Å². The standard InChI is InChI=1S/C8H6BClF3.K/c10-8-4-2-1-3-7(8)5-6-9(11,12)13;/h1-6H;/q-1;+1/b6-5+;. The summed E-state index contributed by atoms with van der Waals surface area (Å²) in [6, 6.07) is 6.37. The van der Waals surface area contributed by atoms with Crippen LogP contribution in [0.4, 0.5) is 12.9 Å². The quantitative estimate of drug-likeness (QED) is 0.674. The van der Waals surface area contributed by atoms with Crippen LogP contribution in [0.3, 0.4) is 0 Å². The van der Waals surface area contributed by atoms with Gasteiger partial charge in [0.2, 0.25) is 0 Å². The van der Waals surface area contributed by atoms with Gasteiger partial charge in [0, 0.05) is 5.02 Å². The van der Waals surface area contributed by atoms with Gasteiger partial charge in [0.05, 0.1) is 0 Å². The Morgan fingerprint density at radius 3 is 2.21 bits per heavy atom. The van der Waals surface area contributed by atoms with Crippen LogP contribution < -0.4 is 51.4 Å². The molecule has 70 valence electrons. The smallest absolute Gasteiger partial charge is 0.445 e. The maximum absolute atomic E-state index is 11.8. The summed E-state index contributed by atoms with van der Waals surface area (Å²) in [6.07, 6.45) is 0.975. The Bertz CT molecular complexity index is 325. The Morgan fingerprint density at radius 1 is 1.14 bits per heavy atom. The van der Waals surface area contributed by atoms with Gasteiger partial charge in [-0.1, -0.05) is 35.9 Å². The van der Waals surface area contributed by atoms with E-state index in [4.69, 9.17) is 11.6 Å². The molecule has 0 aliphatic rings. The zero-order valence-electron chi connectivity index (χ0n) is 7.55. The van der Waals surface area contributed by atoms with Crippen LogP contribution in [0, 0.1) is 0 Å². The van der Waals surface area contributed by atoms with Gasteiger partial charge in [0.15, 0.2) is 0 Å². The molecule has 0 saturated carbocycles. The number of hydrogen-bond donors (Lipinski definition) is 0. The van der Waals surface area contributed by atoms with Crippen molar-refractivity contribution in [2.75, 3.05) is 0 Å². The van der Waals surface area contributed by atoms with Gasteiger partial charge in [0.25, 0.3) is 0 Å². The summed E-state index contributed by atoms with van der Waals surface area (Å²) in [5.41, 5.74) is 0.378. The second kappa shape index (κ2) is 6.35. The molecule has 6 heteroatoms. The molecule has 0 radical (unpaired) electrons. The largest absolute Gasteiger partial charge is 1.00 e. The molecule has 14 heavy (non-hydrogen) atoms. The normalized spacial score (nSPS) is 11.4. The number of rotatable bonds is 2. The fraction of sp³-hybridized carbons (Fsp3) is 0. The van der Waals surface area contributed by atoms with Crippen molar-refractivity contribution >= 4 is 24.7 Å². The average Bonchev–Trinajstić information content (AvgIpc) is 2.01. The van der Waals surface area contributed by atoms with E-state index in [2.05, 4.69) is 0 Å². The van der Waals surface area contributed by atoms with Crippen molar-refractivity contribution in [1.29, 1.82) is 0 Å². The van der Waals surface area contributed by atoms with Crippen molar-refractivity contribution in [2.24, 2.45) is 0 Å². The van der Waals surface area contributed by atoms with Gasteiger partial charge in [-0.25, -0.2) is 0 Å². The monoisotopic (exact) mass is 244 g/mol. The Balaban J connectivity index is 0.00000169. The molecule has 1 aromatic rings. The first-order valence-corrected chi connectivity index (χ1v) is 4.00. The molecule has 0 spiro atoms. The van der Waals surface area contributed by atoms with Crippen LogP contribution in [0.5, 0.6) is 0 Å². The summed E-state index contributed by atoms with van der Waals surface area (Å²) in [7, 11) is 0. The van der Waals surface area contributed by atoms with E-state index in [1.54, 1.807) is 18.2 Å². The molecule has 0 bridgehead atoms. The molecule has 0 aliphatic heterocycles. The maximum Gasteiger partial charge on any atom is 1.00 e. The number of benzene rings is 1. The molecule has 0 heterocycles. The third-order valence-corrected chi connectivity index (χ3v) is 1.74. The van der Waals surface area contributed by atoms with Crippen molar-refractivity contribution in [3.05, 3.63) is 40.8 Å². The third-order valence-electron chi connectivity index (χ3n) is 1.40. The first kappa shape index (κ1) is 14.7. The molecule has 0 amide bonds. The number of hydrogen-bond acceptors (Lipinski definition) is 0. The van der Waals surface area contributed by atoms with Gasteiger partial charge < -0.3 is 12.9 Å². The fourth-order valence-corrected chi connectivity index (χ4v) is 1.02. The van der Waals surface area contributed by atoms with Crippen LogP contribution in [0.25, 0.3) is 6.08 Å². The van der Waals surface area contributed by atoms with E-state index in [0.29, 0.717) is 10.6 Å². The molecule has 0 fully saturated rings. The summed E-state index contributed by atoms with van der Waals surface area (Å²) >= 11 is 5.64. The second-order valence-electron chi connectivity index (χ2n) is 2.51. The Kier molecular flexibility index (Phi) is 6.69. The van der Waals surface area contributed by atoms with Crippen molar-refractivity contribution in [3.63, 3.8) is 0 Å². The minimum atomic E-state index is -4.88. The van der Waals surface area contributed by atoms with Gasteiger partial charge in [-0.05, 0) is 11.6 Å². The van der Waals surface area contributed by atoms with E-state index in [1.807, 2.05) is 0 Å². The van der Waals surface area contributed by atoms with Gasteiger partial charge in [0.1, 0.15) is 0 Å². The number of halogens is 4. The average molecular weight is 244 g/mol. The topological polar surface area (TPSA) is 0 Å². The van der Waals surface area contributed by atoms with Crippen LogP contribution in [0.15, 0.2) is 30.2 Å². The molecule has 0 aliphatic carbocycles. The molecule has 0 saturated heterocycles. The molecule has 0 atom stereocenters. The second-order valence-corrected chi connectivity index (χ2v) is 2.91. The van der Waals surface area contributed by atoms with Gasteiger partial charge in [-0.2, -0.15) is 0 Å². The summed E-state index contributed by atoms with van der Waals surface area (Å²) in [4.78, 5) is 0. The van der Waals surface area contributed by atoms with E-state index in [0.717, 1.165) is 6.08 Å². The van der Waals surface area contributed by atoms with Crippen LogP contribution in [-0.4, -0.2) is 6.98 Å². The predicted molar refractivity (Wildman–Crippen MR) is 49.6 cm³/mol. The van der Waals surface area contributed by atoms with Gasteiger partial charge >= 0.3 is 58.4 Å². The van der Waals surface area contributed by atoms with Crippen LogP contribution in [0.2, 0.25) is 5.02 Å². The molecule has 0 unspecified atom stereocenters. The molecular weight excluding hydrogens is 238 g/mol. The van der Waals surface area contributed by atoms with Gasteiger partial charge in [-0.15, -0.1) is 5.98 Å². The first-order valence-electron chi connectivity index (χ1n) is 3.63. The van der Waals surface area contributed by atoms with Crippen molar-refractivity contribution in [1.82, 2.24) is 0 Å². The summed E-state index contributed by atoms with van der Waals surface area (Å²) in [5, 5.41) is 0.318. The molecule has 0 N–H and O–H groups in total. The third kappa shape index (κ3) is 5.58. The van der Waals surface area contributed by atoms with Crippen LogP contribution in [-0.2, 0) is 0 Å². The zero-order valence-corrected chi connectivity index (χ0v) is 11.4. The summed E-state index contributed by atoms with van der Waals surface area (Å²) in [5.74, 6) is 0.223. The van der Waals surface area contributed by atoms with Crippen LogP contribution >= 0.6 is 11.6 Å². The fourth-order valence-electron chi connectivity index (χ4n) is 0.823. The zero-order chi connectivity index (χ0) is 9.90. The minimum Gasteiger partial charge on any atom is -0.445 e. The van der Waals surface area contributed by atoms with Crippen LogP contribution in [0.1, 0.15) is 5.56 Å². The predicted octanol–water partition coefficient (Wildman–Crippen LogP) is 0.744. The van der Waals surface area contributed by atoms with Crippen molar-refractivity contribution in [3.8, 4) is 0 Å². The van der Waals surface area contributed by atoms with E-state index < -0.39 is 6.98 Å². The van der Waals surface area contributed by atoms with E-state index in [1.165, 1.54) is 6.07 Å². The Labute approximate surface area is 128 Å². The van der Waals surface area contributed by atoms with Crippen molar-refractivity contribution in [2.45, 2.75) is 0 Å². The first-order chi connectivity index (χ1) is 5.99. The van der Waals surface area contributed by atoms with E-state index in [9.17, 15) is 12.9 Å². The molecule has 0 nitrogen and oxygen atoms in total. The molecule has 1 rings (SSSR count). The maximum atomic E-state index is 11.8. The minimum absolute atomic E-state index is 0. The molecule has 1 aromatic carbocycles. The van der Waals surface area contributed by atoms with Gasteiger partial charge in [-0.3, -0.25) is 0 Å².